The fourth-order valence-corrected chi connectivity index (χ4v) is 17.7. The Bertz CT molecular complexity index is 5450. The molecule has 0 radical (unpaired) electrons. The largest absolute Gasteiger partial charge is 0.456 e. The number of furan rings is 2. The Morgan fingerprint density at radius 2 is 0.742 bits per heavy atom. The van der Waals surface area contributed by atoms with Crippen LogP contribution in [0.25, 0.3) is 111 Å². The molecule has 0 atom stereocenters. The van der Waals surface area contributed by atoms with Crippen LogP contribution in [0.3, 0.4) is 0 Å². The molecule has 0 fully saturated rings. The van der Waals surface area contributed by atoms with Crippen molar-refractivity contribution in [3.05, 3.63) is 292 Å². The summed E-state index contributed by atoms with van der Waals surface area (Å²) < 4.78 is 13.6. The molecule has 2 heterocycles. The lowest BCUT2D eigenvalue weighted by Crippen LogP contribution is -2.26. The van der Waals surface area contributed by atoms with E-state index < -0.39 is 5.41 Å². The van der Waals surface area contributed by atoms with Crippen LogP contribution < -0.4 is 4.90 Å². The van der Waals surface area contributed by atoms with E-state index in [4.69, 9.17) is 8.83 Å². The standard InChI is InChI=1S/C86H65NO2/c1-82(2,3)49-32-30-48(31-33-49)61-45-73-77(80-60-24-14-19-29-75(60)89-81(61)80)58-39-36-51(43-69(58)85(73,8)9)87(52-34-37-56-55-22-12-17-27-66(55)86(72(56)44-52)64-25-15-10-20-53(64)54-21-11-16-26-65(54)86)50-35-38-57-62-46-71-63(47-70(62)84(6,7)68(57)42-50)78-67(83(71,4)5)40-41-76-79(78)59-23-13-18-28-74(59)88-76/h10-47H,1-9H3. The van der Waals surface area contributed by atoms with Crippen molar-refractivity contribution in [2.75, 3.05) is 4.90 Å². The SMILES string of the molecule is CC(C)(C)c1ccc(-c2cc3c(c4c2oc2ccccc24)-c2ccc(N(c4ccc5c(c4)C(C)(C)c4cc6c(cc4-5)C(C)(C)c4ccc5oc7ccccc7c5c4-6)c4ccc5c(c4)C4(c6ccccc6-c6ccccc64)c4ccccc4-5)cc2C3(C)C)cc1. The molecule has 0 unspecified atom stereocenters. The second-order valence-corrected chi connectivity index (χ2v) is 28.7. The Labute approximate surface area is 519 Å². The summed E-state index contributed by atoms with van der Waals surface area (Å²) in [6.45, 7) is 21.4. The summed E-state index contributed by atoms with van der Waals surface area (Å²) in [5.74, 6) is 0. The maximum absolute atomic E-state index is 7.01. The van der Waals surface area contributed by atoms with E-state index in [1.54, 1.807) is 0 Å². The van der Waals surface area contributed by atoms with E-state index >= 15 is 0 Å². The van der Waals surface area contributed by atoms with Crippen LogP contribution >= 0.6 is 0 Å². The topological polar surface area (TPSA) is 29.5 Å². The molecule has 3 heteroatoms. The van der Waals surface area contributed by atoms with E-state index in [2.05, 4.69) is 298 Å². The number of nitrogens with zero attached hydrogens (tertiary/aromatic N) is 1. The van der Waals surface area contributed by atoms with Gasteiger partial charge in [0.1, 0.15) is 22.3 Å². The molecule has 5 aliphatic rings. The van der Waals surface area contributed by atoms with Gasteiger partial charge in [0, 0.05) is 60.4 Å². The van der Waals surface area contributed by atoms with Crippen molar-refractivity contribution in [3.63, 3.8) is 0 Å². The van der Waals surface area contributed by atoms with Gasteiger partial charge in [0.2, 0.25) is 0 Å². The molecule has 0 amide bonds. The molecule has 0 bridgehead atoms. The maximum Gasteiger partial charge on any atom is 0.143 e. The molecule has 2 aromatic heterocycles. The summed E-state index contributed by atoms with van der Waals surface area (Å²) in [6, 6.07) is 88.0. The fraction of sp³-hybridized carbons (Fsp3) is 0.163. The highest BCUT2D eigenvalue weighted by Gasteiger charge is 2.52. The van der Waals surface area contributed by atoms with Crippen molar-refractivity contribution >= 4 is 60.9 Å². The van der Waals surface area contributed by atoms with Gasteiger partial charge in [-0.15, -0.1) is 0 Å². The molecule has 89 heavy (non-hydrogen) atoms. The van der Waals surface area contributed by atoms with Crippen LogP contribution in [0.5, 0.6) is 0 Å². The van der Waals surface area contributed by atoms with E-state index in [0.29, 0.717) is 0 Å². The van der Waals surface area contributed by atoms with Crippen LogP contribution in [-0.2, 0) is 27.1 Å². The number of anilines is 3. The molecule has 19 rings (SSSR count). The highest BCUT2D eigenvalue weighted by atomic mass is 16.3. The van der Waals surface area contributed by atoms with Gasteiger partial charge >= 0.3 is 0 Å². The quantitative estimate of drug-likeness (QED) is 0.176. The smallest absolute Gasteiger partial charge is 0.143 e. The second kappa shape index (κ2) is 17.0. The molecule has 0 aliphatic heterocycles. The third kappa shape index (κ3) is 6.42. The zero-order chi connectivity index (χ0) is 60.0. The lowest BCUT2D eigenvalue weighted by Gasteiger charge is -2.33. The van der Waals surface area contributed by atoms with Crippen molar-refractivity contribution in [1.29, 1.82) is 0 Å². The molecule has 0 N–H and O–H groups in total. The summed E-state index contributed by atoms with van der Waals surface area (Å²) in [4.78, 5) is 2.58. The molecule has 3 nitrogen and oxygen atoms in total. The molecule has 1 spiro atoms. The normalized spacial score (nSPS) is 15.8. The van der Waals surface area contributed by atoms with Gasteiger partial charge in [-0.25, -0.2) is 0 Å². The van der Waals surface area contributed by atoms with Crippen LogP contribution in [0.4, 0.5) is 17.1 Å². The van der Waals surface area contributed by atoms with Crippen LogP contribution in [-0.4, -0.2) is 0 Å². The summed E-state index contributed by atoms with van der Waals surface area (Å²) >= 11 is 0. The van der Waals surface area contributed by atoms with Crippen molar-refractivity contribution in [1.82, 2.24) is 0 Å². The zero-order valence-corrected chi connectivity index (χ0v) is 51.7. The Morgan fingerprint density at radius 3 is 1.36 bits per heavy atom. The van der Waals surface area contributed by atoms with Crippen molar-refractivity contribution in [2.45, 2.75) is 89.4 Å². The van der Waals surface area contributed by atoms with E-state index in [1.807, 2.05) is 0 Å². The summed E-state index contributed by atoms with van der Waals surface area (Å²) in [7, 11) is 0. The average molecular weight is 1140 g/mol. The maximum atomic E-state index is 7.01. The molecular formula is C86H65NO2. The molecule has 5 aliphatic carbocycles. The first-order chi connectivity index (χ1) is 43.0. The molecule has 0 saturated heterocycles. The second-order valence-electron chi connectivity index (χ2n) is 28.7. The highest BCUT2D eigenvalue weighted by molar-refractivity contribution is 6.19. The molecule has 426 valence electrons. The van der Waals surface area contributed by atoms with Crippen molar-refractivity contribution in [2.24, 2.45) is 0 Å². The first kappa shape index (κ1) is 51.1. The lowest BCUT2D eigenvalue weighted by atomic mass is 9.70. The predicted molar refractivity (Wildman–Crippen MR) is 369 cm³/mol. The van der Waals surface area contributed by atoms with Gasteiger partial charge in [0.05, 0.1) is 5.41 Å². The predicted octanol–water partition coefficient (Wildman–Crippen LogP) is 23.2. The third-order valence-corrected chi connectivity index (χ3v) is 22.0. The first-order valence-corrected chi connectivity index (χ1v) is 31.8. The van der Waals surface area contributed by atoms with Crippen LogP contribution in [0.2, 0.25) is 0 Å². The number of para-hydroxylation sites is 2. The van der Waals surface area contributed by atoms with Gasteiger partial charge in [0.15, 0.2) is 0 Å². The van der Waals surface area contributed by atoms with Gasteiger partial charge < -0.3 is 13.7 Å². The molecule has 0 saturated carbocycles. The number of hydrogen-bond acceptors (Lipinski definition) is 3. The molecular weight excluding hydrogens is 1080 g/mol. The Balaban J connectivity index is 0.826. The summed E-state index contributed by atoms with van der Waals surface area (Å²) in [5.41, 5.74) is 35.7. The van der Waals surface area contributed by atoms with Crippen LogP contribution in [0.15, 0.2) is 239 Å². The fourth-order valence-electron chi connectivity index (χ4n) is 17.7. The van der Waals surface area contributed by atoms with E-state index in [0.717, 1.165) is 55.9 Å². The van der Waals surface area contributed by atoms with Crippen LogP contribution in [0, 0.1) is 0 Å². The summed E-state index contributed by atoms with van der Waals surface area (Å²) in [6.07, 6.45) is 0. The Morgan fingerprint density at radius 1 is 0.303 bits per heavy atom. The number of benzene rings is 12. The minimum atomic E-state index is -0.505. The van der Waals surface area contributed by atoms with Crippen molar-refractivity contribution < 1.29 is 8.83 Å². The Kier molecular flexibility index (Phi) is 9.77. The van der Waals surface area contributed by atoms with Gasteiger partial charge in [0.25, 0.3) is 0 Å². The highest BCUT2D eigenvalue weighted by Crippen LogP contribution is 2.65. The molecule has 14 aromatic rings. The minimum absolute atomic E-state index is 0.0387. The minimum Gasteiger partial charge on any atom is -0.456 e. The van der Waals surface area contributed by atoms with Gasteiger partial charge in [-0.1, -0.05) is 220 Å². The monoisotopic (exact) mass is 1140 g/mol. The zero-order valence-electron chi connectivity index (χ0n) is 51.7. The van der Waals surface area contributed by atoms with E-state index in [-0.39, 0.29) is 21.7 Å². The van der Waals surface area contributed by atoms with Gasteiger partial charge in [-0.3, -0.25) is 0 Å². The van der Waals surface area contributed by atoms with Crippen LogP contribution in [0.1, 0.15) is 124 Å². The number of rotatable bonds is 4. The Hall–Kier alpha value is -9.96. The average Bonchev–Trinajstić information content (AvgIpc) is 1.53. The number of fused-ring (bicyclic) bond motifs is 27. The van der Waals surface area contributed by atoms with Crippen molar-refractivity contribution in [3.8, 4) is 66.8 Å². The third-order valence-electron chi connectivity index (χ3n) is 22.0. The van der Waals surface area contributed by atoms with E-state index in [9.17, 15) is 0 Å². The van der Waals surface area contributed by atoms with Gasteiger partial charge in [-0.05, 0) is 201 Å². The van der Waals surface area contributed by atoms with E-state index in [1.165, 1.54) is 133 Å². The number of hydrogen-bond donors (Lipinski definition) is 0. The lowest BCUT2D eigenvalue weighted by molar-refractivity contribution is 0.590. The first-order valence-electron chi connectivity index (χ1n) is 31.8. The summed E-state index contributed by atoms with van der Waals surface area (Å²) in [5, 5.41) is 4.72. The van der Waals surface area contributed by atoms with Gasteiger partial charge in [-0.2, -0.15) is 0 Å². The molecule has 12 aromatic carbocycles.